The van der Waals surface area contributed by atoms with Crippen molar-refractivity contribution in [2.75, 3.05) is 26.2 Å². The van der Waals surface area contributed by atoms with E-state index in [1.807, 2.05) is 0 Å². The van der Waals surface area contributed by atoms with Gasteiger partial charge in [0, 0.05) is 32.2 Å². The predicted molar refractivity (Wildman–Crippen MR) is 110 cm³/mol. The Morgan fingerprint density at radius 1 is 0.867 bits per heavy atom. The first-order valence-corrected chi connectivity index (χ1v) is 11.8. The molecule has 0 unspecified atom stereocenters. The number of hydrogen-bond acceptors (Lipinski definition) is 4. The van der Waals surface area contributed by atoms with E-state index in [0.29, 0.717) is 24.9 Å². The fraction of sp³-hybridized carbons (Fsp3) is 0.455. The maximum atomic E-state index is 13.8. The van der Waals surface area contributed by atoms with Crippen molar-refractivity contribution in [2.24, 2.45) is 0 Å². The number of piperidine rings is 2. The van der Waals surface area contributed by atoms with Gasteiger partial charge in [0.2, 0.25) is 10.0 Å². The third-order valence-electron chi connectivity index (χ3n) is 5.98. The van der Waals surface area contributed by atoms with Gasteiger partial charge in [0.15, 0.2) is 11.6 Å². The van der Waals surface area contributed by atoms with E-state index in [-0.39, 0.29) is 16.8 Å². The van der Waals surface area contributed by atoms with Gasteiger partial charge in [-0.15, -0.1) is 0 Å². The van der Waals surface area contributed by atoms with Crippen LogP contribution >= 0.6 is 0 Å². The molecule has 30 heavy (non-hydrogen) atoms. The van der Waals surface area contributed by atoms with Crippen LogP contribution in [0.15, 0.2) is 53.4 Å². The van der Waals surface area contributed by atoms with E-state index in [2.05, 4.69) is 4.90 Å². The van der Waals surface area contributed by atoms with E-state index in [1.54, 1.807) is 18.2 Å². The van der Waals surface area contributed by atoms with E-state index in [1.165, 1.54) is 28.6 Å². The Labute approximate surface area is 176 Å². The molecule has 2 saturated heterocycles. The zero-order chi connectivity index (χ0) is 21.1. The van der Waals surface area contributed by atoms with E-state index >= 15 is 0 Å². The lowest BCUT2D eigenvalue weighted by Gasteiger charge is -2.41. The summed E-state index contributed by atoms with van der Waals surface area (Å²) in [5, 5.41) is 0. The standard InChI is InChI=1S/C22H26F2N2O3S/c23-17-4-3-5-20(16-17)30(27,28)26-14-8-18(9-15-26)25-12-10-19(11-13-25)29-22-7-2-1-6-21(22)24/h1-7,16,18-19H,8-15H2. The minimum Gasteiger partial charge on any atom is -0.487 e. The van der Waals surface area contributed by atoms with Crippen LogP contribution in [-0.2, 0) is 10.0 Å². The van der Waals surface area contributed by atoms with Crippen molar-refractivity contribution in [3.63, 3.8) is 0 Å². The van der Waals surface area contributed by atoms with Crippen LogP contribution in [0.25, 0.3) is 0 Å². The van der Waals surface area contributed by atoms with Crippen LogP contribution in [0.2, 0.25) is 0 Å². The summed E-state index contributed by atoms with van der Waals surface area (Å²) in [7, 11) is -3.67. The van der Waals surface area contributed by atoms with E-state index < -0.39 is 15.8 Å². The summed E-state index contributed by atoms with van der Waals surface area (Å²) in [6, 6.07) is 11.9. The molecule has 0 N–H and O–H groups in total. The van der Waals surface area contributed by atoms with Crippen molar-refractivity contribution in [1.82, 2.24) is 9.21 Å². The molecule has 0 radical (unpaired) electrons. The molecule has 2 aliphatic heterocycles. The molecule has 2 fully saturated rings. The zero-order valence-corrected chi connectivity index (χ0v) is 17.5. The Morgan fingerprint density at radius 3 is 2.23 bits per heavy atom. The molecule has 0 saturated carbocycles. The van der Waals surface area contributed by atoms with Gasteiger partial charge in [-0.1, -0.05) is 18.2 Å². The number of rotatable bonds is 5. The Bertz CT molecular complexity index is 970. The molecule has 2 aliphatic rings. The summed E-state index contributed by atoms with van der Waals surface area (Å²) in [6.45, 7) is 2.55. The number of sulfonamides is 1. The Hall–Kier alpha value is -2.03. The molecule has 5 nitrogen and oxygen atoms in total. The second-order valence-electron chi connectivity index (χ2n) is 7.88. The van der Waals surface area contributed by atoms with Crippen LogP contribution in [0.4, 0.5) is 8.78 Å². The molecule has 0 spiro atoms. The van der Waals surface area contributed by atoms with Crippen molar-refractivity contribution >= 4 is 10.0 Å². The van der Waals surface area contributed by atoms with Crippen LogP contribution in [0.5, 0.6) is 5.75 Å². The fourth-order valence-electron chi connectivity index (χ4n) is 4.30. The first-order chi connectivity index (χ1) is 14.4. The highest BCUT2D eigenvalue weighted by Gasteiger charge is 2.33. The Morgan fingerprint density at radius 2 is 1.57 bits per heavy atom. The van der Waals surface area contributed by atoms with Crippen molar-refractivity contribution in [2.45, 2.75) is 42.7 Å². The van der Waals surface area contributed by atoms with Gasteiger partial charge in [0.1, 0.15) is 11.9 Å². The first-order valence-electron chi connectivity index (χ1n) is 10.3. The molecule has 2 heterocycles. The highest BCUT2D eigenvalue weighted by atomic mass is 32.2. The number of hydrogen-bond donors (Lipinski definition) is 0. The fourth-order valence-corrected chi connectivity index (χ4v) is 5.80. The summed E-state index contributed by atoms with van der Waals surface area (Å²) in [4.78, 5) is 2.39. The minimum absolute atomic E-state index is 0.00653. The lowest BCUT2D eigenvalue weighted by molar-refractivity contribution is 0.0568. The maximum absolute atomic E-state index is 13.8. The molecule has 8 heteroatoms. The van der Waals surface area contributed by atoms with Crippen molar-refractivity contribution in [3.05, 3.63) is 60.2 Å². The number of likely N-dealkylation sites (tertiary alicyclic amines) is 1. The van der Waals surface area contributed by atoms with Crippen LogP contribution in [-0.4, -0.2) is 55.9 Å². The highest BCUT2D eigenvalue weighted by Crippen LogP contribution is 2.27. The normalized spacial score (nSPS) is 20.3. The van der Waals surface area contributed by atoms with Gasteiger partial charge in [0.05, 0.1) is 4.90 Å². The number of nitrogens with zero attached hydrogens (tertiary/aromatic N) is 2. The van der Waals surface area contributed by atoms with Gasteiger partial charge in [-0.3, -0.25) is 0 Å². The van der Waals surface area contributed by atoms with Gasteiger partial charge in [-0.25, -0.2) is 17.2 Å². The smallest absolute Gasteiger partial charge is 0.243 e. The van der Waals surface area contributed by atoms with E-state index in [4.69, 9.17) is 4.74 Å². The van der Waals surface area contributed by atoms with Gasteiger partial charge in [0.25, 0.3) is 0 Å². The molecule has 4 rings (SSSR count). The number of benzene rings is 2. The minimum atomic E-state index is -3.67. The number of para-hydroxylation sites is 1. The van der Waals surface area contributed by atoms with Gasteiger partial charge in [-0.2, -0.15) is 4.31 Å². The third kappa shape index (κ3) is 4.66. The van der Waals surface area contributed by atoms with Gasteiger partial charge < -0.3 is 9.64 Å². The molecule has 0 bridgehead atoms. The second kappa shape index (κ2) is 8.99. The average Bonchev–Trinajstić information content (AvgIpc) is 2.76. The summed E-state index contributed by atoms with van der Waals surface area (Å²) < 4.78 is 60.0. The van der Waals surface area contributed by atoms with Crippen LogP contribution in [0.3, 0.4) is 0 Å². The van der Waals surface area contributed by atoms with Gasteiger partial charge >= 0.3 is 0 Å². The van der Waals surface area contributed by atoms with Crippen molar-refractivity contribution in [3.8, 4) is 5.75 Å². The predicted octanol–water partition coefficient (Wildman–Crippen LogP) is 3.66. The van der Waals surface area contributed by atoms with E-state index in [0.717, 1.165) is 44.8 Å². The van der Waals surface area contributed by atoms with Crippen LogP contribution < -0.4 is 4.74 Å². The zero-order valence-electron chi connectivity index (χ0n) is 16.7. The Kier molecular flexibility index (Phi) is 6.36. The van der Waals surface area contributed by atoms with Crippen molar-refractivity contribution in [1.29, 1.82) is 0 Å². The average molecular weight is 437 g/mol. The summed E-state index contributed by atoms with van der Waals surface area (Å²) in [6.07, 6.45) is 3.11. The van der Waals surface area contributed by atoms with Crippen molar-refractivity contribution < 1.29 is 21.9 Å². The maximum Gasteiger partial charge on any atom is 0.243 e. The topological polar surface area (TPSA) is 49.9 Å². The molecule has 0 aromatic heterocycles. The third-order valence-corrected chi connectivity index (χ3v) is 7.88. The first kappa shape index (κ1) is 21.2. The lowest BCUT2D eigenvalue weighted by atomic mass is 10.00. The molecule has 0 atom stereocenters. The lowest BCUT2D eigenvalue weighted by Crippen LogP contribution is -2.50. The largest absolute Gasteiger partial charge is 0.487 e. The quantitative estimate of drug-likeness (QED) is 0.718. The number of halogens is 2. The molecular weight excluding hydrogens is 410 g/mol. The molecule has 162 valence electrons. The molecule has 2 aromatic carbocycles. The molecule has 0 aliphatic carbocycles. The summed E-state index contributed by atoms with van der Waals surface area (Å²) in [5.74, 6) is -0.593. The highest BCUT2D eigenvalue weighted by molar-refractivity contribution is 7.89. The molecule has 2 aromatic rings. The monoisotopic (exact) mass is 436 g/mol. The second-order valence-corrected chi connectivity index (χ2v) is 9.81. The Balaban J connectivity index is 1.28. The van der Waals surface area contributed by atoms with Crippen LogP contribution in [0, 0.1) is 11.6 Å². The van der Waals surface area contributed by atoms with Crippen LogP contribution in [0.1, 0.15) is 25.7 Å². The van der Waals surface area contributed by atoms with Gasteiger partial charge in [-0.05, 0) is 56.0 Å². The summed E-state index contributed by atoms with van der Waals surface area (Å²) in [5.41, 5.74) is 0. The number of ether oxygens (including phenoxy) is 1. The SMILES string of the molecule is O=S(=O)(c1cccc(F)c1)N1CCC(N2CCC(Oc3ccccc3F)CC2)CC1. The molecular formula is C22H26F2N2O3S. The molecule has 0 amide bonds. The van der Waals surface area contributed by atoms with E-state index in [9.17, 15) is 17.2 Å². The summed E-state index contributed by atoms with van der Waals surface area (Å²) >= 11 is 0.